The Morgan fingerprint density at radius 1 is 0.676 bits per heavy atom. The van der Waals surface area contributed by atoms with E-state index in [1.54, 1.807) is 6.07 Å². The summed E-state index contributed by atoms with van der Waals surface area (Å²) in [4.78, 5) is 0. The molecule has 0 radical (unpaired) electrons. The van der Waals surface area contributed by atoms with Gasteiger partial charge in [0.25, 0.3) is 8.32 Å². The van der Waals surface area contributed by atoms with Crippen LogP contribution in [0.15, 0.2) is 103 Å². The van der Waals surface area contributed by atoms with Crippen molar-refractivity contribution in [3.8, 4) is 22.6 Å². The Hall–Kier alpha value is -3.56. The standard InChI is InChI=1S/C31H30O2Si/c1-3-4-22-34(2,25-14-6-5-7-15-25)33-29-21-19-24-13-9-11-17-27(24)31(29)30-26-16-10-8-12-23(26)18-20-28(30)32/h5-21,32H,3-4,22H2,1-2H3. The average Bonchev–Trinajstić information content (AvgIpc) is 2.88. The molecule has 0 aliphatic heterocycles. The van der Waals surface area contributed by atoms with Gasteiger partial charge < -0.3 is 9.53 Å². The smallest absolute Gasteiger partial charge is 0.279 e. The predicted octanol–water partition coefficient (Wildman–Crippen LogP) is 8.03. The van der Waals surface area contributed by atoms with E-state index in [2.05, 4.69) is 92.3 Å². The molecule has 5 aromatic rings. The van der Waals surface area contributed by atoms with Gasteiger partial charge in [-0.3, -0.25) is 0 Å². The van der Waals surface area contributed by atoms with Crippen LogP contribution in [-0.2, 0) is 0 Å². The first-order valence-electron chi connectivity index (χ1n) is 12.1. The van der Waals surface area contributed by atoms with Crippen LogP contribution in [0.2, 0.25) is 12.6 Å². The summed E-state index contributed by atoms with van der Waals surface area (Å²) in [6, 6.07) is 36.3. The molecular formula is C31H30O2Si. The van der Waals surface area contributed by atoms with Crippen LogP contribution in [0.1, 0.15) is 19.8 Å². The summed E-state index contributed by atoms with van der Waals surface area (Å²) in [5.74, 6) is 1.12. The summed E-state index contributed by atoms with van der Waals surface area (Å²) in [6.45, 7) is 4.55. The van der Waals surface area contributed by atoms with Gasteiger partial charge in [-0.25, -0.2) is 0 Å². The maximum Gasteiger partial charge on any atom is 0.279 e. The van der Waals surface area contributed by atoms with Gasteiger partial charge in [0.15, 0.2) is 0 Å². The molecule has 0 saturated heterocycles. The van der Waals surface area contributed by atoms with Gasteiger partial charge in [0.2, 0.25) is 0 Å². The highest BCUT2D eigenvalue weighted by molar-refractivity contribution is 6.86. The van der Waals surface area contributed by atoms with E-state index >= 15 is 0 Å². The van der Waals surface area contributed by atoms with Crippen LogP contribution < -0.4 is 9.61 Å². The number of rotatable bonds is 7. The molecule has 0 spiro atoms. The zero-order valence-electron chi connectivity index (χ0n) is 19.8. The molecule has 0 amide bonds. The maximum atomic E-state index is 11.2. The van der Waals surface area contributed by atoms with Gasteiger partial charge in [0, 0.05) is 11.1 Å². The number of phenolic OH excluding ortho intramolecular Hbond substituents is 1. The van der Waals surface area contributed by atoms with Crippen molar-refractivity contribution in [2.75, 3.05) is 0 Å². The fourth-order valence-electron chi connectivity index (χ4n) is 4.92. The van der Waals surface area contributed by atoms with E-state index in [4.69, 9.17) is 4.43 Å². The Morgan fingerprint density at radius 3 is 1.94 bits per heavy atom. The first-order chi connectivity index (χ1) is 16.6. The quantitative estimate of drug-likeness (QED) is 0.248. The number of hydrogen-bond donors (Lipinski definition) is 1. The van der Waals surface area contributed by atoms with E-state index in [1.807, 2.05) is 18.2 Å². The third-order valence-corrected chi connectivity index (χ3v) is 10.3. The summed E-state index contributed by atoms with van der Waals surface area (Å²) >= 11 is 0. The fraction of sp³-hybridized carbons (Fsp3) is 0.161. The molecule has 3 heteroatoms. The number of benzene rings is 5. The second kappa shape index (κ2) is 9.36. The molecule has 0 fully saturated rings. The normalized spacial score (nSPS) is 13.1. The second-order valence-corrected chi connectivity index (χ2v) is 12.9. The van der Waals surface area contributed by atoms with Gasteiger partial charge in [0.1, 0.15) is 11.5 Å². The van der Waals surface area contributed by atoms with Crippen molar-refractivity contribution in [1.82, 2.24) is 0 Å². The summed E-state index contributed by atoms with van der Waals surface area (Å²) in [7, 11) is -2.31. The maximum absolute atomic E-state index is 11.2. The van der Waals surface area contributed by atoms with Crippen LogP contribution in [0, 0.1) is 0 Å². The van der Waals surface area contributed by atoms with E-state index in [0.717, 1.165) is 57.3 Å². The molecule has 0 heterocycles. The van der Waals surface area contributed by atoms with Crippen molar-refractivity contribution in [1.29, 1.82) is 0 Å². The Labute approximate surface area is 202 Å². The molecular weight excluding hydrogens is 432 g/mol. The van der Waals surface area contributed by atoms with Gasteiger partial charge >= 0.3 is 0 Å². The van der Waals surface area contributed by atoms with Crippen molar-refractivity contribution in [2.24, 2.45) is 0 Å². The minimum atomic E-state index is -2.31. The van der Waals surface area contributed by atoms with E-state index in [-0.39, 0.29) is 5.75 Å². The van der Waals surface area contributed by atoms with Crippen LogP contribution in [0.4, 0.5) is 0 Å². The summed E-state index contributed by atoms with van der Waals surface area (Å²) in [5.41, 5.74) is 1.81. The summed E-state index contributed by atoms with van der Waals surface area (Å²) in [6.07, 6.45) is 2.26. The van der Waals surface area contributed by atoms with Crippen molar-refractivity contribution in [3.05, 3.63) is 103 Å². The van der Waals surface area contributed by atoms with Crippen molar-refractivity contribution in [3.63, 3.8) is 0 Å². The molecule has 2 nitrogen and oxygen atoms in total. The Kier molecular flexibility index (Phi) is 6.12. The van der Waals surface area contributed by atoms with Crippen molar-refractivity contribution in [2.45, 2.75) is 32.4 Å². The zero-order chi connectivity index (χ0) is 23.5. The van der Waals surface area contributed by atoms with Crippen LogP contribution in [-0.4, -0.2) is 13.4 Å². The molecule has 1 N–H and O–H groups in total. The largest absolute Gasteiger partial charge is 0.539 e. The highest BCUT2D eigenvalue weighted by Gasteiger charge is 2.34. The highest BCUT2D eigenvalue weighted by atomic mass is 28.4. The van der Waals surface area contributed by atoms with Gasteiger partial charge in [-0.05, 0) is 51.5 Å². The minimum Gasteiger partial charge on any atom is -0.539 e. The molecule has 170 valence electrons. The molecule has 0 aromatic heterocycles. The van der Waals surface area contributed by atoms with E-state index in [9.17, 15) is 5.11 Å². The Bertz CT molecular complexity index is 1440. The van der Waals surface area contributed by atoms with Gasteiger partial charge in [-0.15, -0.1) is 0 Å². The second-order valence-electron chi connectivity index (χ2n) is 9.14. The van der Waals surface area contributed by atoms with Crippen LogP contribution in [0.3, 0.4) is 0 Å². The number of phenols is 1. The molecule has 1 atom stereocenters. The van der Waals surface area contributed by atoms with Gasteiger partial charge in [-0.2, -0.15) is 0 Å². The predicted molar refractivity (Wildman–Crippen MR) is 147 cm³/mol. The van der Waals surface area contributed by atoms with Crippen LogP contribution in [0.5, 0.6) is 11.5 Å². The molecule has 0 bridgehead atoms. The van der Waals surface area contributed by atoms with Crippen LogP contribution >= 0.6 is 0 Å². The zero-order valence-corrected chi connectivity index (χ0v) is 20.8. The van der Waals surface area contributed by atoms with Crippen molar-refractivity contribution < 1.29 is 9.53 Å². The molecule has 34 heavy (non-hydrogen) atoms. The highest BCUT2D eigenvalue weighted by Crippen LogP contribution is 2.45. The molecule has 0 aliphatic rings. The number of unbranched alkanes of at least 4 members (excludes halogenated alkanes) is 1. The fourth-order valence-corrected chi connectivity index (χ4v) is 8.01. The number of aromatic hydroxyl groups is 1. The van der Waals surface area contributed by atoms with E-state index in [0.29, 0.717) is 0 Å². The molecule has 1 unspecified atom stereocenters. The molecule has 5 aromatic carbocycles. The lowest BCUT2D eigenvalue weighted by molar-refractivity contribution is 0.477. The number of hydrogen-bond acceptors (Lipinski definition) is 2. The monoisotopic (exact) mass is 462 g/mol. The first kappa shape index (κ1) is 22.2. The van der Waals surface area contributed by atoms with E-state index < -0.39 is 8.32 Å². The molecule has 0 aliphatic carbocycles. The first-order valence-corrected chi connectivity index (χ1v) is 14.7. The third kappa shape index (κ3) is 4.08. The molecule has 0 saturated carbocycles. The summed E-state index contributed by atoms with van der Waals surface area (Å²) < 4.78 is 7.12. The lowest BCUT2D eigenvalue weighted by Crippen LogP contribution is -2.50. The lowest BCUT2D eigenvalue weighted by Gasteiger charge is -2.31. The Morgan fingerprint density at radius 2 is 1.26 bits per heavy atom. The number of fused-ring (bicyclic) bond motifs is 2. The molecule has 5 rings (SSSR count). The average molecular weight is 463 g/mol. The lowest BCUT2D eigenvalue weighted by atomic mass is 9.92. The van der Waals surface area contributed by atoms with Crippen molar-refractivity contribution >= 4 is 35.0 Å². The van der Waals surface area contributed by atoms with Gasteiger partial charge in [-0.1, -0.05) is 111 Å². The topological polar surface area (TPSA) is 29.5 Å². The SMILES string of the molecule is CCCC[Si](C)(Oc1ccc2ccccc2c1-c1c(O)ccc2ccccc12)c1ccccc1. The van der Waals surface area contributed by atoms with E-state index in [1.165, 1.54) is 5.19 Å². The Balaban J connectivity index is 1.77. The van der Waals surface area contributed by atoms with Gasteiger partial charge in [0.05, 0.1) is 0 Å². The third-order valence-electron chi connectivity index (χ3n) is 6.77. The van der Waals surface area contributed by atoms with Crippen LogP contribution in [0.25, 0.3) is 32.7 Å². The minimum absolute atomic E-state index is 0.275. The summed E-state index contributed by atoms with van der Waals surface area (Å²) in [5, 5.41) is 16.8.